The lowest BCUT2D eigenvalue weighted by molar-refractivity contribution is 1.37. The molecular weight excluding hydrogens is 148 g/mol. The van der Waals surface area contributed by atoms with E-state index in [4.69, 9.17) is 5.26 Å². The van der Waals surface area contributed by atoms with Crippen molar-refractivity contribution in [1.82, 2.24) is 0 Å². The molecule has 0 unspecified atom stereocenters. The number of aliphatic imine (C=N–C) groups is 1. The maximum atomic E-state index is 8.71. The summed E-state index contributed by atoms with van der Waals surface area (Å²) in [6.45, 7) is 5.80. The van der Waals surface area contributed by atoms with Crippen LogP contribution < -0.4 is 0 Å². The van der Waals surface area contributed by atoms with E-state index in [0.29, 0.717) is 5.57 Å². The molecule has 0 radical (unpaired) electrons. The summed E-state index contributed by atoms with van der Waals surface area (Å²) >= 11 is 0. The fraction of sp³-hybridized carbons (Fsp3) is 0.400. The SMILES string of the molecule is C/C=C(/C#N)C(C=C(C)C)=NC. The van der Waals surface area contributed by atoms with Crippen LogP contribution in [0, 0.1) is 11.3 Å². The predicted octanol–water partition coefficient (Wildman–Crippen LogP) is 2.49. The second kappa shape index (κ2) is 5.31. The molecule has 0 rings (SSSR count). The van der Waals surface area contributed by atoms with Crippen molar-refractivity contribution < 1.29 is 0 Å². The first kappa shape index (κ1) is 10.6. The Hall–Kier alpha value is -1.36. The van der Waals surface area contributed by atoms with Crippen LogP contribution in [0.1, 0.15) is 20.8 Å². The monoisotopic (exact) mass is 162 g/mol. The number of rotatable bonds is 2. The first-order chi connectivity index (χ1) is 5.65. The lowest BCUT2D eigenvalue weighted by atomic mass is 10.1. The van der Waals surface area contributed by atoms with E-state index in [1.807, 2.05) is 26.8 Å². The molecule has 64 valence electrons. The van der Waals surface area contributed by atoms with E-state index in [2.05, 4.69) is 11.1 Å². The molecule has 2 heteroatoms. The topological polar surface area (TPSA) is 36.1 Å². The highest BCUT2D eigenvalue weighted by Gasteiger charge is 1.99. The average molecular weight is 162 g/mol. The van der Waals surface area contributed by atoms with E-state index >= 15 is 0 Å². The van der Waals surface area contributed by atoms with Crippen LogP contribution in [-0.4, -0.2) is 12.8 Å². The van der Waals surface area contributed by atoms with Gasteiger partial charge in [-0.25, -0.2) is 0 Å². The average Bonchev–Trinajstić information content (AvgIpc) is 2.04. The van der Waals surface area contributed by atoms with Crippen LogP contribution in [0.2, 0.25) is 0 Å². The van der Waals surface area contributed by atoms with Crippen molar-refractivity contribution in [2.45, 2.75) is 20.8 Å². The minimum Gasteiger partial charge on any atom is -0.287 e. The molecule has 0 aromatic heterocycles. The Morgan fingerprint density at radius 3 is 2.25 bits per heavy atom. The van der Waals surface area contributed by atoms with Crippen molar-refractivity contribution in [2.75, 3.05) is 7.05 Å². The maximum Gasteiger partial charge on any atom is 0.101 e. The third kappa shape index (κ3) is 3.16. The zero-order valence-electron chi connectivity index (χ0n) is 8.05. The molecule has 12 heavy (non-hydrogen) atoms. The molecule has 0 aliphatic rings. The molecule has 0 N–H and O–H groups in total. The largest absolute Gasteiger partial charge is 0.287 e. The first-order valence-electron chi connectivity index (χ1n) is 3.84. The van der Waals surface area contributed by atoms with Crippen LogP contribution in [0.4, 0.5) is 0 Å². The summed E-state index contributed by atoms with van der Waals surface area (Å²) in [5, 5.41) is 8.71. The van der Waals surface area contributed by atoms with Gasteiger partial charge >= 0.3 is 0 Å². The van der Waals surface area contributed by atoms with Gasteiger partial charge in [-0.3, -0.25) is 4.99 Å². The fourth-order valence-electron chi connectivity index (χ4n) is 0.806. The Morgan fingerprint density at radius 1 is 1.42 bits per heavy atom. The molecule has 2 nitrogen and oxygen atoms in total. The van der Waals surface area contributed by atoms with Gasteiger partial charge in [0.25, 0.3) is 0 Å². The number of hydrogen-bond acceptors (Lipinski definition) is 2. The minimum atomic E-state index is 0.624. The number of allylic oxidation sites excluding steroid dienone is 4. The highest BCUT2D eigenvalue weighted by molar-refractivity contribution is 6.11. The van der Waals surface area contributed by atoms with E-state index < -0.39 is 0 Å². The number of nitrogens with zero attached hydrogens (tertiary/aromatic N) is 2. The van der Waals surface area contributed by atoms with Crippen molar-refractivity contribution in [3.8, 4) is 6.07 Å². The molecule has 0 spiro atoms. The quantitative estimate of drug-likeness (QED) is 0.454. The van der Waals surface area contributed by atoms with Crippen molar-refractivity contribution in [2.24, 2.45) is 4.99 Å². The van der Waals surface area contributed by atoms with Gasteiger partial charge in [0.1, 0.15) is 6.07 Å². The van der Waals surface area contributed by atoms with Crippen molar-refractivity contribution in [3.63, 3.8) is 0 Å². The molecule has 0 aliphatic heterocycles. The van der Waals surface area contributed by atoms with Gasteiger partial charge in [-0.15, -0.1) is 0 Å². The molecule has 0 heterocycles. The molecule has 0 saturated heterocycles. The molecule has 0 bridgehead atoms. The molecule has 0 amide bonds. The summed E-state index contributed by atoms with van der Waals surface area (Å²) in [6, 6.07) is 2.09. The molecule has 0 saturated carbocycles. The van der Waals surface area contributed by atoms with E-state index in [9.17, 15) is 0 Å². The Labute approximate surface area is 73.9 Å². The first-order valence-corrected chi connectivity index (χ1v) is 3.84. The maximum absolute atomic E-state index is 8.71. The van der Waals surface area contributed by atoms with Gasteiger partial charge in [-0.05, 0) is 26.8 Å². The van der Waals surface area contributed by atoms with Crippen molar-refractivity contribution in [3.05, 3.63) is 23.3 Å². The van der Waals surface area contributed by atoms with Crippen LogP contribution in [0.3, 0.4) is 0 Å². The zero-order chi connectivity index (χ0) is 9.56. The molecular formula is C10H14N2. The van der Waals surface area contributed by atoms with Gasteiger partial charge in [-0.2, -0.15) is 5.26 Å². The second-order valence-electron chi connectivity index (χ2n) is 2.64. The summed E-state index contributed by atoms with van der Waals surface area (Å²) in [4.78, 5) is 4.02. The van der Waals surface area contributed by atoms with Gasteiger partial charge < -0.3 is 0 Å². The Kier molecular flexibility index (Phi) is 4.71. The summed E-state index contributed by atoms with van der Waals surface area (Å²) in [6.07, 6.45) is 3.67. The summed E-state index contributed by atoms with van der Waals surface area (Å²) in [5.41, 5.74) is 2.52. The van der Waals surface area contributed by atoms with Crippen LogP contribution in [-0.2, 0) is 0 Å². The lowest BCUT2D eigenvalue weighted by Crippen LogP contribution is -1.97. The van der Waals surface area contributed by atoms with Crippen molar-refractivity contribution >= 4 is 5.71 Å². The van der Waals surface area contributed by atoms with Crippen LogP contribution in [0.25, 0.3) is 0 Å². The van der Waals surface area contributed by atoms with E-state index in [-0.39, 0.29) is 0 Å². The third-order valence-electron chi connectivity index (χ3n) is 1.35. The fourth-order valence-corrected chi connectivity index (χ4v) is 0.806. The Morgan fingerprint density at radius 2 is 2.00 bits per heavy atom. The van der Waals surface area contributed by atoms with Crippen LogP contribution >= 0.6 is 0 Å². The summed E-state index contributed by atoms with van der Waals surface area (Å²) in [7, 11) is 1.69. The highest BCUT2D eigenvalue weighted by Crippen LogP contribution is 2.01. The van der Waals surface area contributed by atoms with Gasteiger partial charge in [0.2, 0.25) is 0 Å². The minimum absolute atomic E-state index is 0.624. The third-order valence-corrected chi connectivity index (χ3v) is 1.35. The van der Waals surface area contributed by atoms with Gasteiger partial charge in [-0.1, -0.05) is 11.6 Å². The molecule has 0 fully saturated rings. The normalized spacial score (nSPS) is 12.2. The van der Waals surface area contributed by atoms with Crippen molar-refractivity contribution in [1.29, 1.82) is 5.26 Å². The van der Waals surface area contributed by atoms with Gasteiger partial charge in [0.05, 0.1) is 11.3 Å². The smallest absolute Gasteiger partial charge is 0.101 e. The van der Waals surface area contributed by atoms with E-state index in [1.165, 1.54) is 0 Å². The van der Waals surface area contributed by atoms with Crippen LogP contribution in [0.5, 0.6) is 0 Å². The van der Waals surface area contributed by atoms with E-state index in [1.54, 1.807) is 13.1 Å². The Balaban J connectivity index is 4.86. The molecule has 0 aliphatic carbocycles. The molecule has 0 aromatic rings. The Bertz CT molecular complexity index is 271. The van der Waals surface area contributed by atoms with E-state index in [0.717, 1.165) is 11.3 Å². The van der Waals surface area contributed by atoms with Gasteiger partial charge in [0.15, 0.2) is 0 Å². The summed E-state index contributed by atoms with van der Waals surface area (Å²) in [5.74, 6) is 0. The predicted molar refractivity (Wildman–Crippen MR) is 52.2 cm³/mol. The lowest BCUT2D eigenvalue weighted by Gasteiger charge is -1.97. The standard InChI is InChI=1S/C10H14N2/c1-5-9(7-11)10(12-4)6-8(2)3/h5-6H,1-4H3/b9-5-,12-10?. The number of nitriles is 1. The molecule has 0 atom stereocenters. The highest BCUT2D eigenvalue weighted by atomic mass is 14.7. The zero-order valence-corrected chi connectivity index (χ0v) is 8.05. The van der Waals surface area contributed by atoms with Crippen LogP contribution in [0.15, 0.2) is 28.3 Å². The number of hydrogen-bond donors (Lipinski definition) is 0. The second-order valence-corrected chi connectivity index (χ2v) is 2.64. The molecule has 0 aromatic carbocycles. The summed E-state index contributed by atoms with van der Waals surface area (Å²) < 4.78 is 0. The van der Waals surface area contributed by atoms with Gasteiger partial charge in [0, 0.05) is 7.05 Å².